The van der Waals surface area contributed by atoms with Gasteiger partial charge < -0.3 is 14.8 Å². The van der Waals surface area contributed by atoms with Crippen molar-refractivity contribution in [1.29, 1.82) is 0 Å². The fourth-order valence-corrected chi connectivity index (χ4v) is 3.44. The minimum Gasteiger partial charge on any atom is -0.495 e. The molecule has 1 amide bonds. The summed E-state index contributed by atoms with van der Waals surface area (Å²) in [5.41, 5.74) is 0.285. The molecule has 0 spiro atoms. The second-order valence-electron chi connectivity index (χ2n) is 4.84. The number of benzene rings is 1. The molecule has 0 aliphatic heterocycles. The third kappa shape index (κ3) is 5.26. The minimum absolute atomic E-state index is 0.255. The molecule has 7 nitrogen and oxygen atoms in total. The van der Waals surface area contributed by atoms with Gasteiger partial charge in [0.05, 0.1) is 30.7 Å². The first-order chi connectivity index (χ1) is 10.7. The standard InChI is InChI=1S/C14H21ClN2O5S/c1-10(14(18)16-7-8-21-2)17(23(4,19)20)11-5-6-13(22-3)12(15)9-11/h5-6,9-10H,7-8H2,1-4H3,(H,16,18)/t10-/m1/s1. The Labute approximate surface area is 141 Å². The number of carbonyl (C=O) groups excluding carboxylic acids is 1. The summed E-state index contributed by atoms with van der Waals surface area (Å²) < 4.78 is 35.1. The smallest absolute Gasteiger partial charge is 0.243 e. The van der Waals surface area contributed by atoms with E-state index < -0.39 is 22.0 Å². The lowest BCUT2D eigenvalue weighted by Crippen LogP contribution is -2.48. The number of amides is 1. The van der Waals surface area contributed by atoms with Crippen molar-refractivity contribution in [2.45, 2.75) is 13.0 Å². The number of carbonyl (C=O) groups is 1. The molecule has 130 valence electrons. The zero-order chi connectivity index (χ0) is 17.6. The Morgan fingerprint density at radius 3 is 2.52 bits per heavy atom. The third-order valence-electron chi connectivity index (χ3n) is 3.08. The molecule has 0 unspecified atom stereocenters. The number of anilines is 1. The van der Waals surface area contributed by atoms with Gasteiger partial charge in [0, 0.05) is 13.7 Å². The first-order valence-corrected chi connectivity index (χ1v) is 9.04. The molecule has 1 atom stereocenters. The molecule has 0 bridgehead atoms. The Bertz CT molecular complexity index is 651. The van der Waals surface area contributed by atoms with E-state index in [2.05, 4.69) is 5.32 Å². The average molecular weight is 365 g/mol. The molecular weight excluding hydrogens is 344 g/mol. The zero-order valence-corrected chi connectivity index (χ0v) is 15.1. The number of sulfonamides is 1. The second-order valence-corrected chi connectivity index (χ2v) is 7.10. The van der Waals surface area contributed by atoms with Gasteiger partial charge in [0.1, 0.15) is 11.8 Å². The number of hydrogen-bond acceptors (Lipinski definition) is 5. The third-order valence-corrected chi connectivity index (χ3v) is 4.62. The van der Waals surface area contributed by atoms with Crippen molar-refractivity contribution >= 4 is 33.2 Å². The molecule has 23 heavy (non-hydrogen) atoms. The van der Waals surface area contributed by atoms with Crippen LogP contribution in [0.25, 0.3) is 0 Å². The Balaban J connectivity index is 3.11. The lowest BCUT2D eigenvalue weighted by atomic mass is 10.2. The van der Waals surface area contributed by atoms with Crippen molar-refractivity contribution in [2.75, 3.05) is 37.9 Å². The molecule has 1 aromatic rings. The summed E-state index contributed by atoms with van der Waals surface area (Å²) >= 11 is 6.05. The van der Waals surface area contributed by atoms with Gasteiger partial charge in [-0.05, 0) is 25.1 Å². The second kappa shape index (κ2) is 8.37. The quantitative estimate of drug-likeness (QED) is 0.702. The van der Waals surface area contributed by atoms with Crippen molar-refractivity contribution in [3.8, 4) is 5.75 Å². The van der Waals surface area contributed by atoms with Crippen LogP contribution in [0.5, 0.6) is 5.75 Å². The predicted molar refractivity (Wildman–Crippen MR) is 89.7 cm³/mol. The average Bonchev–Trinajstić information content (AvgIpc) is 2.46. The lowest BCUT2D eigenvalue weighted by Gasteiger charge is -2.28. The normalized spacial score (nSPS) is 12.6. The molecule has 9 heteroatoms. The largest absolute Gasteiger partial charge is 0.495 e. The van der Waals surface area contributed by atoms with Gasteiger partial charge in [-0.1, -0.05) is 11.6 Å². The van der Waals surface area contributed by atoms with Gasteiger partial charge in [0.25, 0.3) is 0 Å². The molecule has 1 aromatic carbocycles. The van der Waals surface area contributed by atoms with Gasteiger partial charge in [-0.3, -0.25) is 9.10 Å². The van der Waals surface area contributed by atoms with Crippen LogP contribution in [0.2, 0.25) is 5.02 Å². The summed E-state index contributed by atoms with van der Waals surface area (Å²) in [6, 6.07) is 3.59. The fraction of sp³-hybridized carbons (Fsp3) is 0.500. The van der Waals surface area contributed by atoms with E-state index in [0.29, 0.717) is 18.9 Å². The van der Waals surface area contributed by atoms with Crippen molar-refractivity contribution < 1.29 is 22.7 Å². The van der Waals surface area contributed by atoms with Crippen LogP contribution in [-0.2, 0) is 19.6 Å². The van der Waals surface area contributed by atoms with Gasteiger partial charge in [0.15, 0.2) is 0 Å². The SMILES string of the molecule is COCCNC(=O)[C@@H](C)N(c1ccc(OC)c(Cl)c1)S(C)(=O)=O. The zero-order valence-electron chi connectivity index (χ0n) is 13.5. The van der Waals surface area contributed by atoms with E-state index in [1.54, 1.807) is 6.07 Å². The Hall–Kier alpha value is -1.51. The Morgan fingerprint density at radius 1 is 1.39 bits per heavy atom. The Morgan fingerprint density at radius 2 is 2.04 bits per heavy atom. The predicted octanol–water partition coefficient (Wildman–Crippen LogP) is 1.27. The molecule has 1 rings (SSSR count). The van der Waals surface area contributed by atoms with E-state index in [1.165, 1.54) is 33.3 Å². The maximum Gasteiger partial charge on any atom is 0.243 e. The molecular formula is C14H21ClN2O5S. The van der Waals surface area contributed by atoms with Gasteiger partial charge in [-0.15, -0.1) is 0 Å². The van der Waals surface area contributed by atoms with Crippen LogP contribution in [0, 0.1) is 0 Å². The highest BCUT2D eigenvalue weighted by atomic mass is 35.5. The molecule has 0 aromatic heterocycles. The van der Waals surface area contributed by atoms with E-state index in [1.807, 2.05) is 0 Å². The fourth-order valence-electron chi connectivity index (χ4n) is 2.03. The molecule has 0 heterocycles. The molecule has 1 N–H and O–H groups in total. The Kier molecular flexibility index (Phi) is 7.11. The first kappa shape index (κ1) is 19.5. The summed E-state index contributed by atoms with van der Waals surface area (Å²) in [6.45, 7) is 2.13. The highest BCUT2D eigenvalue weighted by molar-refractivity contribution is 7.92. The van der Waals surface area contributed by atoms with Crippen LogP contribution in [-0.4, -0.2) is 54.0 Å². The van der Waals surface area contributed by atoms with Gasteiger partial charge in [-0.25, -0.2) is 8.42 Å². The van der Waals surface area contributed by atoms with Crippen molar-refractivity contribution in [2.24, 2.45) is 0 Å². The number of nitrogens with one attached hydrogen (secondary N) is 1. The van der Waals surface area contributed by atoms with Crippen LogP contribution in [0.15, 0.2) is 18.2 Å². The van der Waals surface area contributed by atoms with Crippen molar-refractivity contribution in [3.63, 3.8) is 0 Å². The van der Waals surface area contributed by atoms with Crippen LogP contribution in [0.3, 0.4) is 0 Å². The van der Waals surface area contributed by atoms with E-state index in [-0.39, 0.29) is 10.7 Å². The number of halogens is 1. The van der Waals surface area contributed by atoms with E-state index in [9.17, 15) is 13.2 Å². The maximum atomic E-state index is 12.2. The highest BCUT2D eigenvalue weighted by Crippen LogP contribution is 2.31. The number of nitrogens with zero attached hydrogens (tertiary/aromatic N) is 1. The van der Waals surface area contributed by atoms with E-state index >= 15 is 0 Å². The van der Waals surface area contributed by atoms with E-state index in [4.69, 9.17) is 21.1 Å². The summed E-state index contributed by atoms with van der Waals surface area (Å²) in [5.74, 6) is -0.0134. The number of hydrogen-bond donors (Lipinski definition) is 1. The maximum absolute atomic E-state index is 12.2. The number of ether oxygens (including phenoxy) is 2. The van der Waals surface area contributed by atoms with E-state index in [0.717, 1.165) is 10.6 Å². The van der Waals surface area contributed by atoms with Gasteiger partial charge >= 0.3 is 0 Å². The monoisotopic (exact) mass is 364 g/mol. The first-order valence-electron chi connectivity index (χ1n) is 6.82. The molecule has 0 aliphatic carbocycles. The summed E-state index contributed by atoms with van der Waals surface area (Å²) in [6.07, 6.45) is 1.03. The molecule has 0 radical (unpaired) electrons. The number of methoxy groups -OCH3 is 2. The lowest BCUT2D eigenvalue weighted by molar-refractivity contribution is -0.122. The summed E-state index contributed by atoms with van der Waals surface area (Å²) in [5, 5.41) is 2.87. The molecule has 0 saturated carbocycles. The van der Waals surface area contributed by atoms with Crippen molar-refractivity contribution in [1.82, 2.24) is 5.32 Å². The van der Waals surface area contributed by atoms with Crippen molar-refractivity contribution in [3.05, 3.63) is 23.2 Å². The topological polar surface area (TPSA) is 84.9 Å². The molecule has 0 saturated heterocycles. The van der Waals surface area contributed by atoms with Crippen LogP contribution < -0.4 is 14.4 Å². The molecule has 0 aliphatic rings. The number of rotatable bonds is 8. The summed E-state index contributed by atoms with van der Waals surface area (Å²) in [7, 11) is -0.716. The molecule has 0 fully saturated rings. The van der Waals surface area contributed by atoms with Crippen LogP contribution >= 0.6 is 11.6 Å². The highest BCUT2D eigenvalue weighted by Gasteiger charge is 2.29. The van der Waals surface area contributed by atoms with Gasteiger partial charge in [0.2, 0.25) is 15.9 Å². The van der Waals surface area contributed by atoms with Crippen LogP contribution in [0.1, 0.15) is 6.92 Å². The van der Waals surface area contributed by atoms with Crippen LogP contribution in [0.4, 0.5) is 5.69 Å². The minimum atomic E-state index is -3.69. The van der Waals surface area contributed by atoms with Gasteiger partial charge in [-0.2, -0.15) is 0 Å². The summed E-state index contributed by atoms with van der Waals surface area (Å²) in [4.78, 5) is 12.2.